The predicted molar refractivity (Wildman–Crippen MR) is 69.5 cm³/mol. The third-order valence-corrected chi connectivity index (χ3v) is 2.76. The van der Waals surface area contributed by atoms with Gasteiger partial charge in [0, 0.05) is 34.3 Å². The van der Waals surface area contributed by atoms with Crippen LogP contribution < -0.4 is 0 Å². The molecule has 18 heavy (non-hydrogen) atoms. The molecule has 0 fully saturated rings. The van der Waals surface area contributed by atoms with Crippen LogP contribution in [-0.4, -0.2) is 9.72 Å². The molecule has 0 unspecified atom stereocenters. The molecule has 6 heteroatoms. The van der Waals surface area contributed by atoms with Crippen molar-refractivity contribution in [1.29, 1.82) is 0 Å². The standard InChI is InChI=1S/C12H8Cl2N2O2/c13-9-1-5-11(6-2-9)15(17)16(18)12-7-3-10(14)4-8-12/h1-8H/b16-15+. The molecule has 0 aliphatic heterocycles. The molecular formula is C12H8Cl2N2O2. The molecule has 2 rings (SSSR count). The molecule has 0 aliphatic carbocycles. The molecule has 92 valence electrons. The van der Waals surface area contributed by atoms with Gasteiger partial charge in [0.2, 0.25) is 0 Å². The lowest BCUT2D eigenvalue weighted by atomic mass is 10.3. The molecule has 2 aromatic carbocycles. The maximum Gasteiger partial charge on any atom is 0.287 e. The number of benzene rings is 2. The van der Waals surface area contributed by atoms with Crippen LogP contribution in [0.5, 0.6) is 0 Å². The number of azo groups is 1. The Morgan fingerprint density at radius 2 is 0.889 bits per heavy atom. The van der Waals surface area contributed by atoms with Crippen LogP contribution in [0.4, 0.5) is 11.4 Å². The topological polar surface area (TPSA) is 52.1 Å². The van der Waals surface area contributed by atoms with E-state index < -0.39 is 0 Å². The highest BCUT2D eigenvalue weighted by Gasteiger charge is 2.14. The lowest BCUT2D eigenvalue weighted by Crippen LogP contribution is -2.08. The second-order valence-corrected chi connectivity index (χ2v) is 4.37. The summed E-state index contributed by atoms with van der Waals surface area (Å²) >= 11 is 11.4. The number of hydrogen-bond donors (Lipinski definition) is 0. The van der Waals surface area contributed by atoms with Crippen LogP contribution in [0.15, 0.2) is 48.5 Å². The van der Waals surface area contributed by atoms with Gasteiger partial charge in [0.25, 0.3) is 11.4 Å². The quantitative estimate of drug-likeness (QED) is 0.465. The van der Waals surface area contributed by atoms with E-state index in [1.807, 2.05) is 0 Å². The SMILES string of the molecule is [O-]/[N+](c1ccc(Cl)cc1)=[N+](/[O-])c1ccc(Cl)cc1. The summed E-state index contributed by atoms with van der Waals surface area (Å²) in [7, 11) is 0. The van der Waals surface area contributed by atoms with E-state index >= 15 is 0 Å². The molecule has 0 saturated carbocycles. The third-order valence-electron chi connectivity index (χ3n) is 2.26. The highest BCUT2D eigenvalue weighted by molar-refractivity contribution is 6.30. The summed E-state index contributed by atoms with van der Waals surface area (Å²) in [6.45, 7) is 0. The fourth-order valence-corrected chi connectivity index (χ4v) is 1.60. The van der Waals surface area contributed by atoms with Gasteiger partial charge in [-0.25, -0.2) is 0 Å². The lowest BCUT2D eigenvalue weighted by Gasteiger charge is -2.02. The van der Waals surface area contributed by atoms with Crippen LogP contribution >= 0.6 is 23.2 Å². The van der Waals surface area contributed by atoms with E-state index in [2.05, 4.69) is 0 Å². The van der Waals surface area contributed by atoms with E-state index in [4.69, 9.17) is 23.2 Å². The van der Waals surface area contributed by atoms with Crippen molar-refractivity contribution in [2.75, 3.05) is 0 Å². The largest absolute Gasteiger partial charge is 0.561 e. The van der Waals surface area contributed by atoms with Crippen molar-refractivity contribution in [3.05, 3.63) is 69.0 Å². The van der Waals surface area contributed by atoms with Gasteiger partial charge in [0.05, 0.1) is 9.72 Å². The van der Waals surface area contributed by atoms with Crippen LogP contribution in [0.3, 0.4) is 0 Å². The van der Waals surface area contributed by atoms with Crippen LogP contribution in [0, 0.1) is 10.4 Å². The summed E-state index contributed by atoms with van der Waals surface area (Å²) in [5, 5.41) is 24.6. The van der Waals surface area contributed by atoms with Crippen molar-refractivity contribution in [2.45, 2.75) is 0 Å². The van der Waals surface area contributed by atoms with Gasteiger partial charge in [-0.1, -0.05) is 23.2 Å². The van der Waals surface area contributed by atoms with Crippen LogP contribution in [0.25, 0.3) is 0 Å². The number of nitrogens with zero attached hydrogens (tertiary/aromatic N) is 2. The van der Waals surface area contributed by atoms with E-state index in [1.54, 1.807) is 0 Å². The monoisotopic (exact) mass is 282 g/mol. The zero-order valence-electron chi connectivity index (χ0n) is 9.09. The summed E-state index contributed by atoms with van der Waals surface area (Å²) in [4.78, 5) is 0.471. The number of rotatable bonds is 2. The Kier molecular flexibility index (Phi) is 3.69. The van der Waals surface area contributed by atoms with E-state index in [1.165, 1.54) is 48.5 Å². The molecule has 0 amide bonds. The molecule has 0 aromatic heterocycles. The molecular weight excluding hydrogens is 275 g/mol. The maximum atomic E-state index is 11.8. The molecule has 0 bridgehead atoms. The normalized spacial score (nSPS) is 12.1. The Bertz CT molecular complexity index is 527. The summed E-state index contributed by atoms with van der Waals surface area (Å²) in [5.41, 5.74) is 0.397. The van der Waals surface area contributed by atoms with E-state index in [9.17, 15) is 10.4 Å². The molecule has 4 nitrogen and oxygen atoms in total. The molecule has 0 saturated heterocycles. The Morgan fingerprint density at radius 3 is 1.17 bits per heavy atom. The molecule has 0 N–H and O–H groups in total. The molecule has 0 aliphatic rings. The van der Waals surface area contributed by atoms with Crippen molar-refractivity contribution in [2.24, 2.45) is 0 Å². The van der Waals surface area contributed by atoms with Gasteiger partial charge in [0.1, 0.15) is 0 Å². The first kappa shape index (κ1) is 12.7. The smallest absolute Gasteiger partial charge is 0.287 e. The van der Waals surface area contributed by atoms with E-state index in [-0.39, 0.29) is 21.1 Å². The average Bonchev–Trinajstić information content (AvgIpc) is 2.39. The minimum atomic E-state index is 0.198. The average molecular weight is 283 g/mol. The molecule has 0 atom stereocenters. The first-order valence-electron chi connectivity index (χ1n) is 5.03. The molecule has 0 heterocycles. The van der Waals surface area contributed by atoms with Gasteiger partial charge >= 0.3 is 0 Å². The molecule has 0 radical (unpaired) electrons. The molecule has 2 aromatic rings. The Balaban J connectivity index is 2.40. The second-order valence-electron chi connectivity index (χ2n) is 3.50. The number of halogens is 2. The van der Waals surface area contributed by atoms with Crippen molar-refractivity contribution >= 4 is 34.6 Å². The fourth-order valence-electron chi connectivity index (χ4n) is 1.35. The first-order chi connectivity index (χ1) is 8.58. The van der Waals surface area contributed by atoms with Gasteiger partial charge in [-0.15, -0.1) is 0 Å². The summed E-state index contributed by atoms with van der Waals surface area (Å²) < 4.78 is 0. The zero-order chi connectivity index (χ0) is 13.1. The highest BCUT2D eigenvalue weighted by atomic mass is 35.5. The van der Waals surface area contributed by atoms with E-state index in [0.29, 0.717) is 10.0 Å². The van der Waals surface area contributed by atoms with Crippen LogP contribution in [-0.2, 0) is 0 Å². The second kappa shape index (κ2) is 5.25. The summed E-state index contributed by atoms with van der Waals surface area (Å²) in [6.07, 6.45) is 0. The summed E-state index contributed by atoms with van der Waals surface area (Å²) in [6, 6.07) is 12.0. The van der Waals surface area contributed by atoms with Crippen LogP contribution in [0.1, 0.15) is 0 Å². The third kappa shape index (κ3) is 2.72. The van der Waals surface area contributed by atoms with Gasteiger partial charge in [0.15, 0.2) is 0 Å². The zero-order valence-corrected chi connectivity index (χ0v) is 10.6. The predicted octanol–water partition coefficient (Wildman–Crippen LogP) is 4.43. The van der Waals surface area contributed by atoms with Crippen LogP contribution in [0.2, 0.25) is 10.0 Å². The van der Waals surface area contributed by atoms with Crippen molar-refractivity contribution in [1.82, 2.24) is 0 Å². The Hall–Kier alpha value is -1.78. The fraction of sp³-hybridized carbons (Fsp3) is 0. The van der Waals surface area contributed by atoms with E-state index in [0.717, 1.165) is 0 Å². The minimum absolute atomic E-state index is 0.198. The minimum Gasteiger partial charge on any atom is -0.561 e. The van der Waals surface area contributed by atoms with Gasteiger partial charge < -0.3 is 10.4 Å². The Morgan fingerprint density at radius 1 is 0.611 bits per heavy atom. The van der Waals surface area contributed by atoms with Gasteiger partial charge in [-0.3, -0.25) is 0 Å². The van der Waals surface area contributed by atoms with Gasteiger partial charge in [-0.05, 0) is 24.3 Å². The van der Waals surface area contributed by atoms with Crippen molar-refractivity contribution in [3.8, 4) is 0 Å². The number of hydrogen-bond acceptors (Lipinski definition) is 2. The molecule has 0 spiro atoms. The first-order valence-corrected chi connectivity index (χ1v) is 5.79. The maximum absolute atomic E-state index is 11.8. The van der Waals surface area contributed by atoms with Crippen molar-refractivity contribution in [3.63, 3.8) is 0 Å². The van der Waals surface area contributed by atoms with Gasteiger partial charge in [-0.2, -0.15) is 0 Å². The van der Waals surface area contributed by atoms with Crippen molar-refractivity contribution < 1.29 is 9.72 Å². The lowest BCUT2D eigenvalue weighted by molar-refractivity contribution is -0.896. The Labute approximate surface area is 113 Å². The highest BCUT2D eigenvalue weighted by Crippen LogP contribution is 2.20. The summed E-state index contributed by atoms with van der Waals surface area (Å²) in [5.74, 6) is 0.